The van der Waals surface area contributed by atoms with Gasteiger partial charge in [0.1, 0.15) is 0 Å². The van der Waals surface area contributed by atoms with Crippen LogP contribution in [-0.2, 0) is 0 Å². The minimum Gasteiger partial charge on any atom is -0.330 e. The van der Waals surface area contributed by atoms with Crippen molar-refractivity contribution in [2.24, 2.45) is 11.7 Å². The van der Waals surface area contributed by atoms with Crippen molar-refractivity contribution in [3.05, 3.63) is 77.9 Å². The van der Waals surface area contributed by atoms with E-state index < -0.39 is 0 Å². The molecule has 0 fully saturated rings. The van der Waals surface area contributed by atoms with Gasteiger partial charge in [0.05, 0.1) is 0 Å². The summed E-state index contributed by atoms with van der Waals surface area (Å²) in [5.41, 5.74) is 9.47. The lowest BCUT2D eigenvalue weighted by atomic mass is 9.94. The molecule has 2 aromatic rings. The largest absolute Gasteiger partial charge is 0.330 e. The van der Waals surface area contributed by atoms with Gasteiger partial charge in [-0.2, -0.15) is 0 Å². The molecule has 1 nitrogen and oxygen atoms in total. The van der Waals surface area contributed by atoms with Crippen molar-refractivity contribution < 1.29 is 0 Å². The summed E-state index contributed by atoms with van der Waals surface area (Å²) < 4.78 is 0. The number of rotatable bonds is 4. The zero-order valence-electron chi connectivity index (χ0n) is 10.7. The van der Waals surface area contributed by atoms with E-state index in [1.54, 1.807) is 0 Å². The van der Waals surface area contributed by atoms with E-state index in [0.717, 1.165) is 0 Å². The molecule has 0 spiro atoms. The van der Waals surface area contributed by atoms with Crippen LogP contribution in [0.3, 0.4) is 0 Å². The third-order valence-electron chi connectivity index (χ3n) is 2.99. The molecule has 0 aliphatic rings. The Morgan fingerprint density at radius 2 is 1.39 bits per heavy atom. The lowest BCUT2D eigenvalue weighted by Gasteiger charge is -2.11. The van der Waals surface area contributed by atoms with Gasteiger partial charge in [-0.05, 0) is 29.2 Å². The van der Waals surface area contributed by atoms with Gasteiger partial charge in [-0.3, -0.25) is 0 Å². The minimum absolute atomic E-state index is 0.375. The molecule has 1 unspecified atom stereocenters. The van der Waals surface area contributed by atoms with Crippen molar-refractivity contribution in [2.45, 2.75) is 6.92 Å². The summed E-state index contributed by atoms with van der Waals surface area (Å²) in [7, 11) is 0. The van der Waals surface area contributed by atoms with E-state index in [0.29, 0.717) is 12.5 Å². The molecule has 0 saturated heterocycles. The fraction of sp³-hybridized carbons (Fsp3) is 0.176. The summed E-state index contributed by atoms with van der Waals surface area (Å²) in [6, 6.07) is 20.9. The van der Waals surface area contributed by atoms with Crippen LogP contribution < -0.4 is 5.73 Å². The Balaban J connectivity index is 2.45. The number of nitrogens with two attached hydrogens (primary N) is 1. The van der Waals surface area contributed by atoms with Crippen LogP contribution in [-0.4, -0.2) is 6.54 Å². The van der Waals surface area contributed by atoms with E-state index in [2.05, 4.69) is 61.5 Å². The van der Waals surface area contributed by atoms with Crippen molar-refractivity contribution in [3.63, 3.8) is 0 Å². The molecule has 0 aliphatic carbocycles. The minimum atomic E-state index is 0.375. The van der Waals surface area contributed by atoms with Gasteiger partial charge in [0.15, 0.2) is 0 Å². The lowest BCUT2D eigenvalue weighted by molar-refractivity contribution is 0.741. The molecule has 1 heteroatoms. The van der Waals surface area contributed by atoms with E-state index in [1.807, 2.05) is 12.1 Å². The van der Waals surface area contributed by atoms with Crippen molar-refractivity contribution in [3.8, 4) is 0 Å². The van der Waals surface area contributed by atoms with Crippen molar-refractivity contribution in [1.29, 1.82) is 0 Å². The molecule has 0 aliphatic heterocycles. The first-order valence-corrected chi connectivity index (χ1v) is 6.34. The van der Waals surface area contributed by atoms with E-state index in [-0.39, 0.29) is 0 Å². The number of hydrogen-bond donors (Lipinski definition) is 1. The van der Waals surface area contributed by atoms with Gasteiger partial charge in [-0.15, -0.1) is 0 Å². The van der Waals surface area contributed by atoms with Gasteiger partial charge in [0, 0.05) is 0 Å². The predicted octanol–water partition coefficient (Wildman–Crippen LogP) is 3.71. The smallest absolute Gasteiger partial charge is 0.00165 e. The van der Waals surface area contributed by atoms with Gasteiger partial charge in [-0.25, -0.2) is 0 Å². The Bertz CT molecular complexity index is 458. The summed E-state index contributed by atoms with van der Waals surface area (Å²) in [6.07, 6.45) is 2.25. The van der Waals surface area contributed by atoms with E-state index in [9.17, 15) is 0 Å². The van der Waals surface area contributed by atoms with Crippen LogP contribution in [0.2, 0.25) is 0 Å². The second kappa shape index (κ2) is 6.18. The summed E-state index contributed by atoms with van der Waals surface area (Å²) >= 11 is 0. The lowest BCUT2D eigenvalue weighted by Crippen LogP contribution is -2.08. The molecule has 2 aromatic carbocycles. The van der Waals surface area contributed by atoms with Crippen LogP contribution in [0.25, 0.3) is 5.57 Å². The average molecular weight is 237 g/mol. The highest BCUT2D eigenvalue weighted by molar-refractivity contribution is 5.79. The Kier molecular flexibility index (Phi) is 4.32. The zero-order chi connectivity index (χ0) is 12.8. The van der Waals surface area contributed by atoms with Gasteiger partial charge in [0.25, 0.3) is 0 Å². The topological polar surface area (TPSA) is 26.0 Å². The molecule has 0 radical (unpaired) electrons. The van der Waals surface area contributed by atoms with Crippen LogP contribution in [0, 0.1) is 5.92 Å². The molecule has 1 atom stereocenters. The molecule has 18 heavy (non-hydrogen) atoms. The molecular weight excluding hydrogens is 218 g/mol. The van der Waals surface area contributed by atoms with Crippen molar-refractivity contribution in [2.75, 3.05) is 6.54 Å². The fourth-order valence-electron chi connectivity index (χ4n) is 1.95. The first-order valence-electron chi connectivity index (χ1n) is 6.34. The average Bonchev–Trinajstić information content (AvgIpc) is 2.46. The highest BCUT2D eigenvalue weighted by Gasteiger charge is 2.05. The first kappa shape index (κ1) is 12.6. The second-order valence-corrected chi connectivity index (χ2v) is 4.53. The van der Waals surface area contributed by atoms with Gasteiger partial charge in [0.2, 0.25) is 0 Å². The normalized spacial score (nSPS) is 11.9. The Hall–Kier alpha value is -1.86. The van der Waals surface area contributed by atoms with Crippen LogP contribution in [0.15, 0.2) is 66.7 Å². The van der Waals surface area contributed by atoms with Crippen molar-refractivity contribution >= 4 is 5.57 Å². The van der Waals surface area contributed by atoms with Crippen molar-refractivity contribution in [1.82, 2.24) is 0 Å². The quantitative estimate of drug-likeness (QED) is 0.861. The summed E-state index contributed by atoms with van der Waals surface area (Å²) in [5.74, 6) is 0.375. The van der Waals surface area contributed by atoms with E-state index in [1.165, 1.54) is 16.7 Å². The predicted molar refractivity (Wildman–Crippen MR) is 78.2 cm³/mol. The standard InChI is InChI=1S/C17H19N/c1-14(13-18)12-17(15-8-4-2-5-9-15)16-10-6-3-7-11-16/h2-12,14H,13,18H2,1H3. The number of benzene rings is 2. The maximum absolute atomic E-state index is 5.73. The molecular formula is C17H19N. The summed E-state index contributed by atoms with van der Waals surface area (Å²) in [5, 5.41) is 0. The maximum atomic E-state index is 5.73. The molecule has 0 aromatic heterocycles. The molecule has 0 bridgehead atoms. The molecule has 0 heterocycles. The highest BCUT2D eigenvalue weighted by atomic mass is 14.5. The summed E-state index contributed by atoms with van der Waals surface area (Å²) in [6.45, 7) is 2.81. The first-order chi connectivity index (χ1) is 8.81. The third-order valence-corrected chi connectivity index (χ3v) is 2.99. The molecule has 0 amide bonds. The highest BCUT2D eigenvalue weighted by Crippen LogP contribution is 2.24. The van der Waals surface area contributed by atoms with Gasteiger partial charge >= 0.3 is 0 Å². The van der Waals surface area contributed by atoms with Gasteiger partial charge in [-0.1, -0.05) is 73.7 Å². The molecule has 2 N–H and O–H groups in total. The van der Waals surface area contributed by atoms with E-state index in [4.69, 9.17) is 5.73 Å². The van der Waals surface area contributed by atoms with Gasteiger partial charge < -0.3 is 5.73 Å². The zero-order valence-corrected chi connectivity index (χ0v) is 10.7. The Labute approximate surface area is 109 Å². The Morgan fingerprint density at radius 3 is 1.78 bits per heavy atom. The third kappa shape index (κ3) is 3.08. The van der Waals surface area contributed by atoms with E-state index >= 15 is 0 Å². The summed E-state index contributed by atoms with van der Waals surface area (Å²) in [4.78, 5) is 0. The number of hydrogen-bond acceptors (Lipinski definition) is 1. The molecule has 0 saturated carbocycles. The molecule has 92 valence electrons. The van der Waals surface area contributed by atoms with Crippen LogP contribution >= 0.6 is 0 Å². The van der Waals surface area contributed by atoms with Crippen LogP contribution in [0.4, 0.5) is 0 Å². The second-order valence-electron chi connectivity index (χ2n) is 4.53. The fourth-order valence-corrected chi connectivity index (χ4v) is 1.95. The Morgan fingerprint density at radius 1 is 0.944 bits per heavy atom. The monoisotopic (exact) mass is 237 g/mol. The van der Waals surface area contributed by atoms with Crippen LogP contribution in [0.5, 0.6) is 0 Å². The molecule has 2 rings (SSSR count). The maximum Gasteiger partial charge on any atom is -0.00165 e. The van der Waals surface area contributed by atoms with Crippen LogP contribution in [0.1, 0.15) is 18.1 Å². The SMILES string of the molecule is CC(C=C(c1ccccc1)c1ccccc1)CN.